The van der Waals surface area contributed by atoms with Gasteiger partial charge in [0.05, 0.1) is 0 Å². The zero-order valence-corrected chi connectivity index (χ0v) is 11.8. The Labute approximate surface area is 112 Å². The monoisotopic (exact) mass is 262 g/mol. The maximum Gasteiger partial charge on any atom is 0.195 e. The Morgan fingerprint density at radius 3 is 2.83 bits per heavy atom. The van der Waals surface area contributed by atoms with Gasteiger partial charge in [-0.3, -0.25) is 5.10 Å². The molecule has 0 saturated heterocycles. The molecule has 0 amide bonds. The lowest BCUT2D eigenvalue weighted by atomic mass is 10.2. The maximum absolute atomic E-state index is 5.26. The lowest BCUT2D eigenvalue weighted by molar-refractivity contribution is 0.675. The molecule has 1 aromatic heterocycles. The normalized spacial score (nSPS) is 10.6. The van der Waals surface area contributed by atoms with Crippen LogP contribution < -0.4 is 4.90 Å². The van der Waals surface area contributed by atoms with Gasteiger partial charge >= 0.3 is 0 Å². The maximum atomic E-state index is 5.26. The average Bonchev–Trinajstić information content (AvgIpc) is 2.72. The van der Waals surface area contributed by atoms with Crippen molar-refractivity contribution >= 4 is 17.9 Å². The first-order valence-electron chi connectivity index (χ1n) is 6.06. The van der Waals surface area contributed by atoms with E-state index in [9.17, 15) is 0 Å². The van der Waals surface area contributed by atoms with Crippen LogP contribution in [0.15, 0.2) is 24.3 Å². The second kappa shape index (κ2) is 5.35. The van der Waals surface area contributed by atoms with Gasteiger partial charge in [0.25, 0.3) is 0 Å². The number of H-pyrrole nitrogens is 1. The van der Waals surface area contributed by atoms with Gasteiger partial charge in [-0.25, -0.2) is 0 Å². The molecular weight excluding hydrogens is 244 g/mol. The average molecular weight is 262 g/mol. The van der Waals surface area contributed by atoms with E-state index in [0.29, 0.717) is 4.77 Å². The summed E-state index contributed by atoms with van der Waals surface area (Å²) in [5.74, 6) is 0.908. The fraction of sp³-hybridized carbons (Fsp3) is 0.385. The zero-order chi connectivity index (χ0) is 13.1. The third kappa shape index (κ3) is 2.46. The largest absolute Gasteiger partial charge is 0.378 e. The highest BCUT2D eigenvalue weighted by atomic mass is 32.1. The van der Waals surface area contributed by atoms with Crippen LogP contribution in [0.3, 0.4) is 0 Å². The second-order valence-corrected chi connectivity index (χ2v) is 4.84. The number of benzene rings is 1. The molecule has 0 bridgehead atoms. The summed E-state index contributed by atoms with van der Waals surface area (Å²) in [5, 5.41) is 7.20. The van der Waals surface area contributed by atoms with E-state index in [1.54, 1.807) is 0 Å². The van der Waals surface area contributed by atoms with Crippen LogP contribution in [0.5, 0.6) is 0 Å². The SMILES string of the molecule is CCCn1c(-c2cccc(N(C)C)c2)n[nH]c1=S. The predicted octanol–water partition coefficient (Wildman–Crippen LogP) is 3.08. The number of hydrogen-bond acceptors (Lipinski definition) is 3. The number of hydrogen-bond donors (Lipinski definition) is 1. The summed E-state index contributed by atoms with van der Waals surface area (Å²) >= 11 is 5.26. The summed E-state index contributed by atoms with van der Waals surface area (Å²) in [4.78, 5) is 2.08. The number of anilines is 1. The number of rotatable bonds is 4. The van der Waals surface area contributed by atoms with E-state index < -0.39 is 0 Å². The first-order valence-corrected chi connectivity index (χ1v) is 6.47. The van der Waals surface area contributed by atoms with Gasteiger partial charge in [0.2, 0.25) is 0 Å². The Kier molecular flexibility index (Phi) is 3.81. The molecule has 1 aromatic carbocycles. The van der Waals surface area contributed by atoms with E-state index in [1.165, 1.54) is 0 Å². The van der Waals surface area contributed by atoms with Crippen LogP contribution in [-0.2, 0) is 6.54 Å². The molecule has 2 aromatic rings. The second-order valence-electron chi connectivity index (χ2n) is 4.45. The molecule has 4 nitrogen and oxygen atoms in total. The molecule has 0 aliphatic heterocycles. The van der Waals surface area contributed by atoms with Crippen molar-refractivity contribution in [1.29, 1.82) is 0 Å². The van der Waals surface area contributed by atoms with Gasteiger partial charge in [0.15, 0.2) is 10.6 Å². The van der Waals surface area contributed by atoms with Crippen LogP contribution in [0.1, 0.15) is 13.3 Å². The van der Waals surface area contributed by atoms with Crippen molar-refractivity contribution in [3.05, 3.63) is 29.0 Å². The van der Waals surface area contributed by atoms with E-state index in [2.05, 4.69) is 40.2 Å². The van der Waals surface area contributed by atoms with Crippen LogP contribution in [0.2, 0.25) is 0 Å². The Hall–Kier alpha value is -1.62. The smallest absolute Gasteiger partial charge is 0.195 e. The van der Waals surface area contributed by atoms with Gasteiger partial charge < -0.3 is 9.47 Å². The van der Waals surface area contributed by atoms with Crippen molar-refractivity contribution in [2.75, 3.05) is 19.0 Å². The van der Waals surface area contributed by atoms with Crippen molar-refractivity contribution in [1.82, 2.24) is 14.8 Å². The molecule has 2 rings (SSSR count). The minimum Gasteiger partial charge on any atom is -0.378 e. The third-order valence-corrected chi connectivity index (χ3v) is 3.14. The molecule has 1 heterocycles. The lowest BCUT2D eigenvalue weighted by Gasteiger charge is -2.13. The van der Waals surface area contributed by atoms with Crippen LogP contribution in [-0.4, -0.2) is 28.9 Å². The summed E-state index contributed by atoms with van der Waals surface area (Å²) in [6.45, 7) is 3.02. The van der Waals surface area contributed by atoms with E-state index in [0.717, 1.165) is 30.0 Å². The molecule has 0 saturated carbocycles. The molecule has 0 radical (unpaired) electrons. The van der Waals surface area contributed by atoms with E-state index >= 15 is 0 Å². The highest BCUT2D eigenvalue weighted by molar-refractivity contribution is 7.71. The summed E-state index contributed by atoms with van der Waals surface area (Å²) in [5.41, 5.74) is 2.24. The summed E-state index contributed by atoms with van der Waals surface area (Å²) < 4.78 is 2.73. The molecule has 18 heavy (non-hydrogen) atoms. The van der Waals surface area contributed by atoms with Gasteiger partial charge in [0, 0.05) is 31.9 Å². The molecule has 0 fully saturated rings. The minimum atomic E-state index is 0.683. The standard InChI is InChI=1S/C13H18N4S/c1-4-8-17-12(14-15-13(17)18)10-6-5-7-11(9-10)16(2)3/h5-7,9H,4,8H2,1-3H3,(H,15,18). The van der Waals surface area contributed by atoms with Crippen LogP contribution in [0.4, 0.5) is 5.69 Å². The van der Waals surface area contributed by atoms with Crippen molar-refractivity contribution in [3.63, 3.8) is 0 Å². The molecule has 0 spiro atoms. The highest BCUT2D eigenvalue weighted by Crippen LogP contribution is 2.22. The minimum absolute atomic E-state index is 0.683. The van der Waals surface area contributed by atoms with Crippen LogP contribution in [0.25, 0.3) is 11.4 Å². The van der Waals surface area contributed by atoms with E-state index in [1.807, 2.05) is 24.7 Å². The molecular formula is C13H18N4S. The van der Waals surface area contributed by atoms with Crippen molar-refractivity contribution in [2.45, 2.75) is 19.9 Å². The fourth-order valence-corrected chi connectivity index (χ4v) is 2.12. The number of nitrogens with one attached hydrogen (secondary N) is 1. The summed E-state index contributed by atoms with van der Waals surface area (Å²) in [7, 11) is 4.06. The van der Waals surface area contributed by atoms with E-state index in [-0.39, 0.29) is 0 Å². The van der Waals surface area contributed by atoms with Gasteiger partial charge in [-0.05, 0) is 30.8 Å². The van der Waals surface area contributed by atoms with Crippen LogP contribution in [0, 0.1) is 4.77 Å². The first kappa shape index (κ1) is 12.8. The topological polar surface area (TPSA) is 36.9 Å². The molecule has 0 unspecified atom stereocenters. The van der Waals surface area contributed by atoms with Gasteiger partial charge in [-0.15, -0.1) is 0 Å². The molecule has 96 valence electrons. The predicted molar refractivity (Wildman–Crippen MR) is 77.5 cm³/mol. The third-order valence-electron chi connectivity index (χ3n) is 2.83. The van der Waals surface area contributed by atoms with E-state index in [4.69, 9.17) is 12.2 Å². The highest BCUT2D eigenvalue weighted by Gasteiger charge is 2.08. The Morgan fingerprint density at radius 2 is 2.17 bits per heavy atom. The van der Waals surface area contributed by atoms with Crippen molar-refractivity contribution in [2.24, 2.45) is 0 Å². The Morgan fingerprint density at radius 1 is 1.39 bits per heavy atom. The van der Waals surface area contributed by atoms with Crippen molar-refractivity contribution < 1.29 is 0 Å². The summed E-state index contributed by atoms with van der Waals surface area (Å²) in [6.07, 6.45) is 1.04. The molecule has 0 aliphatic carbocycles. The summed E-state index contributed by atoms with van der Waals surface area (Å²) in [6, 6.07) is 8.30. The van der Waals surface area contributed by atoms with Gasteiger partial charge in [0.1, 0.15) is 0 Å². The fourth-order valence-electron chi connectivity index (χ4n) is 1.89. The molecule has 1 N–H and O–H groups in total. The quantitative estimate of drug-likeness (QED) is 0.860. The molecule has 0 aliphatic rings. The molecule has 5 heteroatoms. The van der Waals surface area contributed by atoms with Gasteiger partial charge in [-0.1, -0.05) is 19.1 Å². The number of aromatic amines is 1. The lowest BCUT2D eigenvalue weighted by Crippen LogP contribution is -2.08. The number of nitrogens with zero attached hydrogens (tertiary/aromatic N) is 3. The zero-order valence-electron chi connectivity index (χ0n) is 11.0. The number of aromatic nitrogens is 3. The Balaban J connectivity index is 2.48. The molecule has 0 atom stereocenters. The van der Waals surface area contributed by atoms with Crippen molar-refractivity contribution in [3.8, 4) is 11.4 Å². The first-order chi connectivity index (χ1) is 8.63. The Bertz CT molecular complexity index is 583. The van der Waals surface area contributed by atoms with Crippen LogP contribution >= 0.6 is 12.2 Å². The van der Waals surface area contributed by atoms with Gasteiger partial charge in [-0.2, -0.15) is 5.10 Å².